The fraction of sp³-hybridized carbons (Fsp3) is 0.200. The topological polar surface area (TPSA) is 65.2 Å². The SMILES string of the molecule is Cc1cc2ccc(NC(=O)C(c3ccccc3)N(C)C)cc2[nH]c1=O. The smallest absolute Gasteiger partial charge is 0.251 e. The van der Waals surface area contributed by atoms with Gasteiger partial charge >= 0.3 is 0 Å². The van der Waals surface area contributed by atoms with Gasteiger partial charge in [0.05, 0.1) is 5.52 Å². The number of anilines is 1. The Morgan fingerprint density at radius 3 is 2.48 bits per heavy atom. The number of aryl methyl sites for hydroxylation is 1. The minimum absolute atomic E-state index is 0.119. The van der Waals surface area contributed by atoms with Gasteiger partial charge in [0, 0.05) is 11.3 Å². The molecule has 1 aromatic heterocycles. The van der Waals surface area contributed by atoms with Gasteiger partial charge in [-0.2, -0.15) is 0 Å². The van der Waals surface area contributed by atoms with Gasteiger partial charge in [0.15, 0.2) is 0 Å². The number of nitrogens with zero attached hydrogens (tertiary/aromatic N) is 1. The van der Waals surface area contributed by atoms with E-state index < -0.39 is 6.04 Å². The van der Waals surface area contributed by atoms with E-state index >= 15 is 0 Å². The zero-order chi connectivity index (χ0) is 18.0. The Balaban J connectivity index is 1.90. The molecule has 2 N–H and O–H groups in total. The van der Waals surface area contributed by atoms with Gasteiger partial charge in [0.25, 0.3) is 5.56 Å². The lowest BCUT2D eigenvalue weighted by Crippen LogP contribution is -2.32. The number of carbonyl (C=O) groups is 1. The van der Waals surface area contributed by atoms with Gasteiger partial charge in [0.2, 0.25) is 5.91 Å². The van der Waals surface area contributed by atoms with Crippen LogP contribution in [0.15, 0.2) is 59.4 Å². The van der Waals surface area contributed by atoms with E-state index in [1.807, 2.05) is 67.5 Å². The molecule has 0 fully saturated rings. The molecule has 0 spiro atoms. The summed E-state index contributed by atoms with van der Waals surface area (Å²) in [6.45, 7) is 1.77. The molecule has 5 nitrogen and oxygen atoms in total. The zero-order valence-corrected chi connectivity index (χ0v) is 14.5. The molecular formula is C20H21N3O2. The van der Waals surface area contributed by atoms with E-state index in [0.717, 1.165) is 10.9 Å². The molecule has 2 aromatic carbocycles. The number of likely N-dealkylation sites (N-methyl/N-ethyl adjacent to an activating group) is 1. The standard InChI is InChI=1S/C20H21N3O2/c1-13-11-15-9-10-16(12-17(15)22-19(13)24)21-20(25)18(23(2)3)14-7-5-4-6-8-14/h4-12,18H,1-3H3,(H,21,25)(H,22,24). The van der Waals surface area contributed by atoms with Crippen molar-refractivity contribution in [3.63, 3.8) is 0 Å². The predicted molar refractivity (Wildman–Crippen MR) is 101 cm³/mol. The van der Waals surface area contributed by atoms with Crippen molar-refractivity contribution in [2.45, 2.75) is 13.0 Å². The van der Waals surface area contributed by atoms with Crippen molar-refractivity contribution in [2.24, 2.45) is 0 Å². The second kappa shape index (κ2) is 6.91. The van der Waals surface area contributed by atoms with Crippen LogP contribution < -0.4 is 10.9 Å². The lowest BCUT2D eigenvalue weighted by atomic mass is 10.1. The third kappa shape index (κ3) is 3.61. The summed E-state index contributed by atoms with van der Waals surface area (Å²) in [5, 5.41) is 3.88. The molecule has 0 saturated carbocycles. The van der Waals surface area contributed by atoms with Crippen LogP contribution in [0.2, 0.25) is 0 Å². The number of hydrogen-bond donors (Lipinski definition) is 2. The second-order valence-electron chi connectivity index (χ2n) is 6.35. The van der Waals surface area contributed by atoms with Crippen molar-refractivity contribution in [2.75, 3.05) is 19.4 Å². The largest absolute Gasteiger partial charge is 0.324 e. The number of nitrogens with one attached hydrogen (secondary N) is 2. The van der Waals surface area contributed by atoms with Crippen LogP contribution in [0.25, 0.3) is 10.9 Å². The first-order valence-electron chi connectivity index (χ1n) is 8.11. The molecule has 1 unspecified atom stereocenters. The quantitative estimate of drug-likeness (QED) is 0.770. The first-order valence-corrected chi connectivity index (χ1v) is 8.11. The summed E-state index contributed by atoms with van der Waals surface area (Å²) in [6.07, 6.45) is 0. The Bertz CT molecular complexity index is 962. The number of rotatable bonds is 4. The highest BCUT2D eigenvalue weighted by atomic mass is 16.2. The molecule has 0 bridgehead atoms. The van der Waals surface area contributed by atoms with Gasteiger partial charge in [0.1, 0.15) is 6.04 Å². The Hall–Kier alpha value is -2.92. The number of hydrogen-bond acceptors (Lipinski definition) is 3. The molecule has 0 aliphatic heterocycles. The number of fused-ring (bicyclic) bond motifs is 1. The van der Waals surface area contributed by atoms with Crippen molar-refractivity contribution >= 4 is 22.5 Å². The van der Waals surface area contributed by atoms with Crippen molar-refractivity contribution < 1.29 is 4.79 Å². The zero-order valence-electron chi connectivity index (χ0n) is 14.5. The van der Waals surface area contributed by atoms with Crippen LogP contribution in [0.5, 0.6) is 0 Å². The van der Waals surface area contributed by atoms with Gasteiger partial charge in [-0.15, -0.1) is 0 Å². The van der Waals surface area contributed by atoms with Crippen LogP contribution in [0, 0.1) is 6.92 Å². The molecular weight excluding hydrogens is 314 g/mol. The molecule has 1 heterocycles. The Kier molecular flexibility index (Phi) is 4.67. The van der Waals surface area contributed by atoms with Crippen molar-refractivity contribution in [1.82, 2.24) is 9.88 Å². The summed E-state index contributed by atoms with van der Waals surface area (Å²) in [5.74, 6) is -0.120. The number of H-pyrrole nitrogens is 1. The molecule has 3 aromatic rings. The van der Waals surface area contributed by atoms with Crippen molar-refractivity contribution in [3.05, 3.63) is 76.1 Å². The maximum absolute atomic E-state index is 12.8. The summed E-state index contributed by atoms with van der Waals surface area (Å²) < 4.78 is 0. The number of aromatic amines is 1. The van der Waals surface area contributed by atoms with Gasteiger partial charge < -0.3 is 10.3 Å². The molecule has 0 aliphatic rings. The van der Waals surface area contributed by atoms with Gasteiger partial charge in [-0.25, -0.2) is 0 Å². The lowest BCUT2D eigenvalue weighted by Gasteiger charge is -2.24. The summed E-state index contributed by atoms with van der Waals surface area (Å²) in [4.78, 5) is 29.3. The van der Waals surface area contributed by atoms with E-state index in [1.54, 1.807) is 13.0 Å². The van der Waals surface area contributed by atoms with E-state index in [-0.39, 0.29) is 11.5 Å². The highest BCUT2D eigenvalue weighted by molar-refractivity contribution is 5.97. The molecule has 1 atom stereocenters. The van der Waals surface area contributed by atoms with Crippen LogP contribution in [-0.2, 0) is 4.79 Å². The highest BCUT2D eigenvalue weighted by Gasteiger charge is 2.22. The minimum atomic E-state index is -0.394. The average Bonchev–Trinajstić information content (AvgIpc) is 2.57. The van der Waals surface area contributed by atoms with Crippen LogP contribution in [0.3, 0.4) is 0 Å². The number of aromatic nitrogens is 1. The molecule has 25 heavy (non-hydrogen) atoms. The molecule has 5 heteroatoms. The van der Waals surface area contributed by atoms with E-state index in [4.69, 9.17) is 0 Å². The molecule has 1 amide bonds. The Morgan fingerprint density at radius 1 is 1.08 bits per heavy atom. The third-order valence-electron chi connectivity index (χ3n) is 4.18. The van der Waals surface area contributed by atoms with Crippen molar-refractivity contribution in [3.8, 4) is 0 Å². The van der Waals surface area contributed by atoms with E-state index in [2.05, 4.69) is 10.3 Å². The molecule has 0 saturated heterocycles. The van der Waals surface area contributed by atoms with Crippen LogP contribution >= 0.6 is 0 Å². The average molecular weight is 335 g/mol. The van der Waals surface area contributed by atoms with Crippen LogP contribution in [0.1, 0.15) is 17.2 Å². The predicted octanol–water partition coefficient (Wildman–Crippen LogP) is 3.08. The van der Waals surface area contributed by atoms with Crippen LogP contribution in [-0.4, -0.2) is 29.9 Å². The number of benzene rings is 2. The summed E-state index contributed by atoms with van der Waals surface area (Å²) in [7, 11) is 3.75. The Labute approximate surface area is 146 Å². The summed E-state index contributed by atoms with van der Waals surface area (Å²) >= 11 is 0. The number of amides is 1. The highest BCUT2D eigenvalue weighted by Crippen LogP contribution is 2.22. The first kappa shape index (κ1) is 16.9. The molecule has 3 rings (SSSR count). The number of carbonyl (C=O) groups excluding carboxylic acids is 1. The van der Waals surface area contributed by atoms with Gasteiger partial charge in [-0.3, -0.25) is 14.5 Å². The fourth-order valence-corrected chi connectivity index (χ4v) is 2.92. The van der Waals surface area contributed by atoms with Gasteiger partial charge in [-0.1, -0.05) is 36.4 Å². The van der Waals surface area contributed by atoms with E-state index in [1.165, 1.54) is 0 Å². The fourth-order valence-electron chi connectivity index (χ4n) is 2.92. The maximum Gasteiger partial charge on any atom is 0.251 e. The van der Waals surface area contributed by atoms with Gasteiger partial charge in [-0.05, 0) is 50.2 Å². The minimum Gasteiger partial charge on any atom is -0.324 e. The third-order valence-corrected chi connectivity index (χ3v) is 4.18. The van der Waals surface area contributed by atoms with Crippen molar-refractivity contribution in [1.29, 1.82) is 0 Å². The number of pyridine rings is 1. The normalized spacial score (nSPS) is 12.3. The first-order chi connectivity index (χ1) is 12.0. The monoisotopic (exact) mass is 335 g/mol. The van der Waals surface area contributed by atoms with E-state index in [0.29, 0.717) is 16.8 Å². The molecule has 128 valence electrons. The van der Waals surface area contributed by atoms with Crippen LogP contribution in [0.4, 0.5) is 5.69 Å². The Morgan fingerprint density at radius 2 is 1.80 bits per heavy atom. The second-order valence-corrected chi connectivity index (χ2v) is 6.35. The lowest BCUT2D eigenvalue weighted by molar-refractivity contribution is -0.120. The maximum atomic E-state index is 12.8. The molecule has 0 aliphatic carbocycles. The molecule has 0 radical (unpaired) electrons. The van der Waals surface area contributed by atoms with E-state index in [9.17, 15) is 9.59 Å². The summed E-state index contributed by atoms with van der Waals surface area (Å²) in [6, 6.07) is 16.6. The summed E-state index contributed by atoms with van der Waals surface area (Å²) in [5.41, 5.74) is 2.83.